The maximum Gasteiger partial charge on any atom is 0.315 e. The molecular formula is C10H12ClNO5S. The summed E-state index contributed by atoms with van der Waals surface area (Å²) in [6, 6.07) is 2.59. The van der Waals surface area contributed by atoms with Crippen LogP contribution in [0, 0.1) is 10.1 Å². The first-order chi connectivity index (χ1) is 8.32. The van der Waals surface area contributed by atoms with Crippen molar-refractivity contribution in [1.82, 2.24) is 0 Å². The fourth-order valence-corrected chi connectivity index (χ4v) is 2.53. The molecule has 0 aromatic heterocycles. The molecule has 6 nitrogen and oxygen atoms in total. The molecule has 0 aliphatic carbocycles. The number of hydrogen-bond acceptors (Lipinski definition) is 5. The van der Waals surface area contributed by atoms with E-state index in [9.17, 15) is 18.5 Å². The van der Waals surface area contributed by atoms with Crippen molar-refractivity contribution in [3.8, 4) is 5.75 Å². The van der Waals surface area contributed by atoms with Gasteiger partial charge in [0.1, 0.15) is 4.90 Å². The summed E-state index contributed by atoms with van der Waals surface area (Å²) >= 11 is 0. The fraction of sp³-hybridized carbons (Fsp3) is 0.400. The number of rotatable bonds is 5. The number of halogens is 1. The maximum absolute atomic E-state index is 11.4. The summed E-state index contributed by atoms with van der Waals surface area (Å²) in [5, 5.41) is 11.0. The van der Waals surface area contributed by atoms with E-state index in [4.69, 9.17) is 15.4 Å². The van der Waals surface area contributed by atoms with E-state index in [0.717, 1.165) is 0 Å². The molecule has 18 heavy (non-hydrogen) atoms. The third-order valence-electron chi connectivity index (χ3n) is 2.29. The zero-order chi connectivity index (χ0) is 13.9. The van der Waals surface area contributed by atoms with Crippen molar-refractivity contribution < 1.29 is 18.1 Å². The lowest BCUT2D eigenvalue weighted by molar-refractivity contribution is -0.386. The number of nitrogens with zero attached hydrogens (tertiary/aromatic N) is 1. The Hall–Kier alpha value is -1.34. The SMILES string of the molecule is CCOc1c(S(=O)(=O)Cl)ccc(CC)c1[N+](=O)[O-]. The van der Waals surface area contributed by atoms with Crippen molar-refractivity contribution in [2.75, 3.05) is 6.61 Å². The molecule has 1 rings (SSSR count). The van der Waals surface area contributed by atoms with Gasteiger partial charge < -0.3 is 4.74 Å². The topological polar surface area (TPSA) is 86.5 Å². The van der Waals surface area contributed by atoms with Crippen LogP contribution in [0.2, 0.25) is 0 Å². The molecule has 0 bridgehead atoms. The standard InChI is InChI=1S/C10H12ClNO5S/c1-3-7-5-6-8(18(11,15)16)10(17-4-2)9(7)12(13)14/h5-6H,3-4H2,1-2H3. The van der Waals surface area contributed by atoms with Gasteiger partial charge in [0.15, 0.2) is 0 Å². The van der Waals surface area contributed by atoms with Crippen LogP contribution in [0.3, 0.4) is 0 Å². The summed E-state index contributed by atoms with van der Waals surface area (Å²) in [6.07, 6.45) is 0.388. The molecule has 0 amide bonds. The largest absolute Gasteiger partial charge is 0.486 e. The van der Waals surface area contributed by atoms with E-state index < -0.39 is 14.0 Å². The third-order valence-corrected chi connectivity index (χ3v) is 3.64. The van der Waals surface area contributed by atoms with Gasteiger partial charge in [-0.25, -0.2) is 8.42 Å². The van der Waals surface area contributed by atoms with Gasteiger partial charge in [-0.15, -0.1) is 0 Å². The Bertz CT molecular complexity index is 570. The average molecular weight is 294 g/mol. The third kappa shape index (κ3) is 2.91. The van der Waals surface area contributed by atoms with E-state index in [1.54, 1.807) is 13.8 Å². The lowest BCUT2D eigenvalue weighted by Gasteiger charge is -2.10. The van der Waals surface area contributed by atoms with Gasteiger partial charge in [-0.1, -0.05) is 13.0 Å². The normalized spacial score (nSPS) is 11.3. The van der Waals surface area contributed by atoms with E-state index >= 15 is 0 Å². The van der Waals surface area contributed by atoms with E-state index in [1.807, 2.05) is 0 Å². The summed E-state index contributed by atoms with van der Waals surface area (Å²) in [7, 11) is 1.15. The molecule has 1 aromatic rings. The smallest absolute Gasteiger partial charge is 0.315 e. The van der Waals surface area contributed by atoms with Crippen molar-refractivity contribution in [2.24, 2.45) is 0 Å². The first-order valence-corrected chi connectivity index (χ1v) is 7.51. The van der Waals surface area contributed by atoms with E-state index in [0.29, 0.717) is 12.0 Å². The van der Waals surface area contributed by atoms with Crippen molar-refractivity contribution in [1.29, 1.82) is 0 Å². The number of ether oxygens (including phenoxy) is 1. The highest BCUT2D eigenvalue weighted by Crippen LogP contribution is 2.38. The van der Waals surface area contributed by atoms with Crippen molar-refractivity contribution in [2.45, 2.75) is 25.2 Å². The second-order valence-corrected chi connectivity index (χ2v) is 5.92. The van der Waals surface area contributed by atoms with Crippen LogP contribution in [0.25, 0.3) is 0 Å². The van der Waals surface area contributed by atoms with Crippen molar-refractivity contribution >= 4 is 25.4 Å². The molecule has 0 aliphatic heterocycles. The van der Waals surface area contributed by atoms with Crippen LogP contribution in [0.1, 0.15) is 19.4 Å². The predicted molar refractivity (Wildman–Crippen MR) is 66.7 cm³/mol. The molecule has 0 fully saturated rings. The van der Waals surface area contributed by atoms with Gasteiger partial charge in [-0.3, -0.25) is 10.1 Å². The summed E-state index contributed by atoms with van der Waals surface area (Å²) in [6.45, 7) is 3.44. The van der Waals surface area contributed by atoms with Gasteiger partial charge in [0, 0.05) is 16.2 Å². The Labute approximate surface area is 109 Å². The van der Waals surface area contributed by atoms with Crippen LogP contribution in [-0.2, 0) is 15.5 Å². The number of hydrogen-bond donors (Lipinski definition) is 0. The molecule has 0 saturated carbocycles. The molecular weight excluding hydrogens is 282 g/mol. The highest BCUT2D eigenvalue weighted by Gasteiger charge is 2.29. The second kappa shape index (κ2) is 5.53. The molecule has 0 radical (unpaired) electrons. The molecule has 8 heteroatoms. The van der Waals surface area contributed by atoms with E-state index in [2.05, 4.69) is 0 Å². The number of aryl methyl sites for hydroxylation is 1. The van der Waals surface area contributed by atoms with Gasteiger partial charge in [-0.05, 0) is 19.4 Å². The van der Waals surface area contributed by atoms with Crippen LogP contribution < -0.4 is 4.74 Å². The van der Waals surface area contributed by atoms with Crippen molar-refractivity contribution in [3.05, 3.63) is 27.8 Å². The molecule has 0 saturated heterocycles. The van der Waals surface area contributed by atoms with Crippen LogP contribution in [0.15, 0.2) is 17.0 Å². The first kappa shape index (κ1) is 14.7. The van der Waals surface area contributed by atoms with Gasteiger partial charge >= 0.3 is 5.69 Å². The van der Waals surface area contributed by atoms with Crippen molar-refractivity contribution in [3.63, 3.8) is 0 Å². The average Bonchev–Trinajstić information content (AvgIpc) is 2.26. The van der Waals surface area contributed by atoms with Gasteiger partial charge in [-0.2, -0.15) is 0 Å². The lowest BCUT2D eigenvalue weighted by atomic mass is 10.1. The van der Waals surface area contributed by atoms with Crippen LogP contribution in [0.5, 0.6) is 5.75 Å². The Morgan fingerprint density at radius 3 is 2.39 bits per heavy atom. The Morgan fingerprint density at radius 2 is 2.00 bits per heavy atom. The molecule has 0 unspecified atom stereocenters. The highest BCUT2D eigenvalue weighted by atomic mass is 35.7. The van der Waals surface area contributed by atoms with Crippen LogP contribution in [-0.4, -0.2) is 19.9 Å². The molecule has 0 spiro atoms. The van der Waals surface area contributed by atoms with E-state index in [-0.39, 0.29) is 22.9 Å². The Kier molecular flexibility index (Phi) is 4.53. The quantitative estimate of drug-likeness (QED) is 0.473. The summed E-state index contributed by atoms with van der Waals surface area (Å²) in [5.41, 5.74) is 0.0496. The summed E-state index contributed by atoms with van der Waals surface area (Å²) in [4.78, 5) is 10.0. The molecule has 1 aromatic carbocycles. The zero-order valence-corrected chi connectivity index (χ0v) is 11.4. The first-order valence-electron chi connectivity index (χ1n) is 5.20. The minimum atomic E-state index is -4.09. The minimum absolute atomic E-state index is 0.105. The molecule has 0 heterocycles. The fourth-order valence-electron chi connectivity index (χ4n) is 1.55. The zero-order valence-electron chi connectivity index (χ0n) is 9.84. The number of nitro groups is 1. The second-order valence-electron chi connectivity index (χ2n) is 3.38. The number of benzene rings is 1. The Morgan fingerprint density at radius 1 is 1.39 bits per heavy atom. The summed E-state index contributed by atoms with van der Waals surface area (Å²) in [5.74, 6) is -0.295. The molecule has 100 valence electrons. The van der Waals surface area contributed by atoms with Crippen LogP contribution >= 0.6 is 10.7 Å². The maximum atomic E-state index is 11.4. The molecule has 0 atom stereocenters. The highest BCUT2D eigenvalue weighted by molar-refractivity contribution is 8.13. The van der Waals surface area contributed by atoms with Gasteiger partial charge in [0.2, 0.25) is 5.75 Å². The number of nitro benzene ring substituents is 1. The van der Waals surface area contributed by atoms with Gasteiger partial charge in [0.25, 0.3) is 9.05 Å². The minimum Gasteiger partial charge on any atom is -0.486 e. The lowest BCUT2D eigenvalue weighted by Crippen LogP contribution is -2.05. The molecule has 0 N–H and O–H groups in total. The van der Waals surface area contributed by atoms with Gasteiger partial charge in [0.05, 0.1) is 11.5 Å². The van der Waals surface area contributed by atoms with Crippen LogP contribution in [0.4, 0.5) is 5.69 Å². The van der Waals surface area contributed by atoms with E-state index in [1.165, 1.54) is 12.1 Å². The monoisotopic (exact) mass is 293 g/mol. The molecule has 0 aliphatic rings. The Balaban J connectivity index is 3.67. The summed E-state index contributed by atoms with van der Waals surface area (Å²) < 4.78 is 27.8. The predicted octanol–water partition coefficient (Wildman–Crippen LogP) is 2.48.